The lowest BCUT2D eigenvalue weighted by atomic mass is 9.84. The van der Waals surface area contributed by atoms with Crippen LogP contribution in [0.1, 0.15) is 39.5 Å². The second-order valence-electron chi connectivity index (χ2n) is 4.88. The second-order valence-corrected chi connectivity index (χ2v) is 4.88. The molecule has 4 nitrogen and oxygen atoms in total. The maximum absolute atomic E-state index is 11.6. The van der Waals surface area contributed by atoms with Crippen LogP contribution in [0.4, 0.5) is 0 Å². The van der Waals surface area contributed by atoms with Crippen molar-refractivity contribution >= 4 is 5.91 Å². The minimum absolute atomic E-state index is 0.220. The summed E-state index contributed by atoms with van der Waals surface area (Å²) in [6.45, 7) is 4.75. The van der Waals surface area contributed by atoms with Crippen molar-refractivity contribution in [1.82, 2.24) is 5.32 Å². The molecule has 2 unspecified atom stereocenters. The Labute approximate surface area is 97.9 Å². The summed E-state index contributed by atoms with van der Waals surface area (Å²) in [6.07, 6.45) is 4.13. The molecule has 0 saturated heterocycles. The first-order valence-electron chi connectivity index (χ1n) is 6.13. The van der Waals surface area contributed by atoms with E-state index in [1.807, 2.05) is 20.9 Å². The summed E-state index contributed by atoms with van der Waals surface area (Å²) in [5, 5.41) is 3.13. The Hall–Kier alpha value is -0.610. The van der Waals surface area contributed by atoms with Crippen molar-refractivity contribution in [2.45, 2.75) is 51.2 Å². The van der Waals surface area contributed by atoms with Crippen LogP contribution in [0, 0.1) is 5.92 Å². The molecular formula is C12H24N2O2. The van der Waals surface area contributed by atoms with Crippen LogP contribution in [0.2, 0.25) is 0 Å². The zero-order chi connectivity index (χ0) is 12.2. The van der Waals surface area contributed by atoms with E-state index in [0.717, 1.165) is 25.7 Å². The van der Waals surface area contributed by atoms with Gasteiger partial charge in [-0.1, -0.05) is 6.42 Å². The fourth-order valence-corrected chi connectivity index (χ4v) is 2.69. The summed E-state index contributed by atoms with van der Waals surface area (Å²) < 4.78 is 5.54. The summed E-state index contributed by atoms with van der Waals surface area (Å²) in [4.78, 5) is 11.6. The van der Waals surface area contributed by atoms with Gasteiger partial charge in [0.2, 0.25) is 5.91 Å². The van der Waals surface area contributed by atoms with Crippen molar-refractivity contribution in [2.75, 3.05) is 13.7 Å². The van der Waals surface area contributed by atoms with E-state index in [1.54, 1.807) is 0 Å². The first-order valence-corrected chi connectivity index (χ1v) is 6.13. The van der Waals surface area contributed by atoms with Crippen molar-refractivity contribution in [3.05, 3.63) is 0 Å². The van der Waals surface area contributed by atoms with Gasteiger partial charge in [-0.3, -0.25) is 4.79 Å². The molecule has 0 aromatic heterocycles. The minimum Gasteiger partial charge on any atom is -0.379 e. The molecule has 94 valence electrons. The van der Waals surface area contributed by atoms with Crippen molar-refractivity contribution in [3.8, 4) is 0 Å². The van der Waals surface area contributed by atoms with Crippen LogP contribution < -0.4 is 11.1 Å². The molecule has 0 aliphatic heterocycles. The van der Waals surface area contributed by atoms with Crippen LogP contribution in [0.15, 0.2) is 0 Å². The van der Waals surface area contributed by atoms with Gasteiger partial charge in [0.25, 0.3) is 0 Å². The molecule has 2 atom stereocenters. The standard InChI is InChI=1S/C12H24N2O2/c1-9(2)16-8-6-10-5-4-7-12(10,14-3)11(13)15/h9-10,14H,4-8H2,1-3H3,(H2,13,15). The van der Waals surface area contributed by atoms with Crippen LogP contribution >= 0.6 is 0 Å². The topological polar surface area (TPSA) is 64.3 Å². The monoisotopic (exact) mass is 228 g/mol. The Balaban J connectivity index is 2.54. The van der Waals surface area contributed by atoms with Crippen LogP contribution in [0.3, 0.4) is 0 Å². The molecule has 1 aliphatic rings. The van der Waals surface area contributed by atoms with Crippen LogP contribution in [0.25, 0.3) is 0 Å². The Morgan fingerprint density at radius 1 is 1.62 bits per heavy atom. The third-order valence-corrected chi connectivity index (χ3v) is 3.62. The molecule has 0 radical (unpaired) electrons. The van der Waals surface area contributed by atoms with E-state index in [4.69, 9.17) is 10.5 Å². The molecule has 0 spiro atoms. The van der Waals surface area contributed by atoms with E-state index in [0.29, 0.717) is 12.5 Å². The van der Waals surface area contributed by atoms with Gasteiger partial charge in [-0.25, -0.2) is 0 Å². The molecule has 1 aliphatic carbocycles. The van der Waals surface area contributed by atoms with E-state index in [2.05, 4.69) is 5.32 Å². The third-order valence-electron chi connectivity index (χ3n) is 3.62. The number of primary amides is 1. The smallest absolute Gasteiger partial charge is 0.238 e. The van der Waals surface area contributed by atoms with E-state index >= 15 is 0 Å². The van der Waals surface area contributed by atoms with Gasteiger partial charge in [0.15, 0.2) is 0 Å². The van der Waals surface area contributed by atoms with Gasteiger partial charge in [0.05, 0.1) is 6.10 Å². The minimum atomic E-state index is -0.500. The molecule has 0 bridgehead atoms. The highest BCUT2D eigenvalue weighted by Gasteiger charge is 2.46. The molecule has 4 heteroatoms. The van der Waals surface area contributed by atoms with Crippen LogP contribution in [-0.4, -0.2) is 31.2 Å². The predicted octanol–water partition coefficient (Wildman–Crippen LogP) is 1.05. The lowest BCUT2D eigenvalue weighted by molar-refractivity contribution is -0.126. The van der Waals surface area contributed by atoms with Crippen LogP contribution in [0.5, 0.6) is 0 Å². The highest BCUT2D eigenvalue weighted by atomic mass is 16.5. The number of nitrogens with two attached hydrogens (primary N) is 1. The molecule has 1 saturated carbocycles. The van der Waals surface area contributed by atoms with Gasteiger partial charge >= 0.3 is 0 Å². The number of hydrogen-bond donors (Lipinski definition) is 2. The third kappa shape index (κ3) is 2.74. The first kappa shape index (κ1) is 13.5. The summed E-state index contributed by atoms with van der Waals surface area (Å²) in [5.74, 6) is 0.0933. The quantitative estimate of drug-likeness (QED) is 0.714. The van der Waals surface area contributed by atoms with Gasteiger partial charge in [0.1, 0.15) is 5.54 Å². The SMILES string of the molecule is CNC1(C(N)=O)CCCC1CCOC(C)C. The molecule has 1 fully saturated rings. The normalized spacial score (nSPS) is 29.9. The zero-order valence-corrected chi connectivity index (χ0v) is 10.6. The number of carbonyl (C=O) groups excluding carboxylic acids is 1. The van der Waals surface area contributed by atoms with E-state index in [9.17, 15) is 4.79 Å². The van der Waals surface area contributed by atoms with E-state index in [1.165, 1.54) is 0 Å². The van der Waals surface area contributed by atoms with Gasteiger partial charge in [-0.05, 0) is 46.1 Å². The van der Waals surface area contributed by atoms with Gasteiger partial charge in [-0.15, -0.1) is 0 Å². The van der Waals surface area contributed by atoms with Gasteiger partial charge in [-0.2, -0.15) is 0 Å². The molecule has 1 rings (SSSR count). The Morgan fingerprint density at radius 3 is 2.81 bits per heavy atom. The van der Waals surface area contributed by atoms with Crippen molar-refractivity contribution < 1.29 is 9.53 Å². The van der Waals surface area contributed by atoms with E-state index in [-0.39, 0.29) is 12.0 Å². The van der Waals surface area contributed by atoms with Crippen molar-refractivity contribution in [3.63, 3.8) is 0 Å². The number of rotatable bonds is 6. The summed E-state index contributed by atoms with van der Waals surface area (Å²) in [6, 6.07) is 0. The number of nitrogens with one attached hydrogen (secondary N) is 1. The zero-order valence-electron chi connectivity index (χ0n) is 10.6. The van der Waals surface area contributed by atoms with Crippen LogP contribution in [-0.2, 0) is 9.53 Å². The van der Waals surface area contributed by atoms with Gasteiger partial charge < -0.3 is 15.8 Å². The Bertz CT molecular complexity index is 243. The Morgan fingerprint density at radius 2 is 2.31 bits per heavy atom. The van der Waals surface area contributed by atoms with Crippen molar-refractivity contribution in [2.24, 2.45) is 11.7 Å². The number of hydrogen-bond acceptors (Lipinski definition) is 3. The summed E-state index contributed by atoms with van der Waals surface area (Å²) >= 11 is 0. The first-order chi connectivity index (χ1) is 7.53. The van der Waals surface area contributed by atoms with E-state index < -0.39 is 5.54 Å². The highest BCUT2D eigenvalue weighted by Crippen LogP contribution is 2.37. The Kier molecular flexibility index (Phi) is 4.74. The average Bonchev–Trinajstić information content (AvgIpc) is 2.61. The fourth-order valence-electron chi connectivity index (χ4n) is 2.69. The van der Waals surface area contributed by atoms with Crippen molar-refractivity contribution in [1.29, 1.82) is 0 Å². The average molecular weight is 228 g/mol. The fraction of sp³-hybridized carbons (Fsp3) is 0.917. The summed E-state index contributed by atoms with van der Waals surface area (Å²) in [7, 11) is 1.83. The largest absolute Gasteiger partial charge is 0.379 e. The summed E-state index contributed by atoms with van der Waals surface area (Å²) in [5.41, 5.74) is 5.02. The molecule has 0 heterocycles. The van der Waals surface area contributed by atoms with Gasteiger partial charge in [0, 0.05) is 6.61 Å². The molecule has 0 aromatic carbocycles. The highest BCUT2D eigenvalue weighted by molar-refractivity contribution is 5.85. The predicted molar refractivity (Wildman–Crippen MR) is 64.0 cm³/mol. The number of amides is 1. The number of ether oxygens (including phenoxy) is 1. The number of carbonyl (C=O) groups is 1. The lowest BCUT2D eigenvalue weighted by Crippen LogP contribution is -2.56. The molecule has 3 N–H and O–H groups in total. The number of likely N-dealkylation sites (N-methyl/N-ethyl adjacent to an activating group) is 1. The maximum atomic E-state index is 11.6. The molecule has 16 heavy (non-hydrogen) atoms. The maximum Gasteiger partial charge on any atom is 0.238 e. The molecule has 1 amide bonds. The molecule has 0 aromatic rings. The molecular weight excluding hydrogens is 204 g/mol. The second kappa shape index (κ2) is 5.64. The lowest BCUT2D eigenvalue weighted by Gasteiger charge is -2.32.